The SMILES string of the molecule is CC(C)(C)OC(=O)NC1CCC(O)C1.CC(C)(C)OC(=O)NC1CCC(OS(C)(=O)=O)C1.CC(C)C[C@H](NC(=O)OCc1ccccc1)C(=O)CC1CCC(C)C1.CC(C)C[C@H](NC(=O)OCc1ccccc1)C(=O)CC1CCCC1.CC(C)C[C@H](NC(=O)OCc1ccccc1)C(=O)O.CC1CCC(N)C1.CC1CCC(N)C1.CC1CCC(NC(=O)OC(C)(C)C)C1.Cl.Cl.O=S(=O)=O.S.S.S. The van der Waals surface area contributed by atoms with Crippen LogP contribution in [0.5, 0.6) is 0 Å². The van der Waals surface area contributed by atoms with Crippen molar-refractivity contribution in [3.05, 3.63) is 108 Å². The van der Waals surface area contributed by atoms with Crippen LogP contribution in [0, 0.1) is 53.3 Å². The minimum absolute atomic E-state index is 0. The Morgan fingerprint density at radius 1 is 0.409 bits per heavy atom. The fraction of sp³-hybridized carbons (Fsp3) is 0.727. The topological polar surface area (TPSA) is 468 Å². The van der Waals surface area contributed by atoms with Crippen molar-refractivity contribution in [2.45, 2.75) is 402 Å². The molecule has 0 heterocycles. The molecule has 0 aromatic heterocycles. The number of amides is 6. The molecule has 0 saturated heterocycles. The summed E-state index contributed by atoms with van der Waals surface area (Å²) in [4.78, 5) is 106. The molecule has 15 atom stereocenters. The summed E-state index contributed by atoms with van der Waals surface area (Å²) in [6, 6.07) is 27.9. The fourth-order valence-corrected chi connectivity index (χ4v) is 16.9. The van der Waals surface area contributed by atoms with Gasteiger partial charge in [0.1, 0.15) is 42.7 Å². The second-order valence-electron chi connectivity index (χ2n) is 41.0. The number of hydrogen-bond donors (Lipinski definition) is 10. The number of aliphatic hydroxyl groups excluding tert-OH is 1. The lowest BCUT2D eigenvalue weighted by Crippen LogP contribution is -2.42. The van der Waals surface area contributed by atoms with Crippen LogP contribution in [-0.2, 0) is 87.5 Å². The lowest BCUT2D eigenvalue weighted by Gasteiger charge is -2.21. The van der Waals surface area contributed by atoms with Crippen LogP contribution in [0.3, 0.4) is 0 Å². The zero-order valence-corrected chi connectivity index (χ0v) is 91.4. The molecule has 12 unspecified atom stereocenters. The third-order valence-electron chi connectivity index (χ3n) is 22.4. The predicted octanol–water partition coefficient (Wildman–Crippen LogP) is 19.6. The Morgan fingerprint density at radius 3 is 0.985 bits per heavy atom. The first-order chi connectivity index (χ1) is 61.6. The quantitative estimate of drug-likeness (QED) is 0.0250. The zero-order chi connectivity index (χ0) is 99.5. The van der Waals surface area contributed by atoms with E-state index in [0.29, 0.717) is 106 Å². The van der Waals surface area contributed by atoms with Crippen molar-refractivity contribution < 1.29 is 107 Å². The van der Waals surface area contributed by atoms with Gasteiger partial charge >= 0.3 is 53.1 Å². The highest BCUT2D eigenvalue weighted by molar-refractivity contribution is 7.86. The molecule has 7 saturated carbocycles. The molecule has 6 amide bonds. The Labute approximate surface area is 854 Å². The van der Waals surface area contributed by atoms with Crippen LogP contribution in [0.2, 0.25) is 0 Å². The number of hydrogen-bond acceptors (Lipinski definition) is 24. The van der Waals surface area contributed by atoms with Gasteiger partial charge in [-0.1, -0.05) is 192 Å². The third-order valence-corrected chi connectivity index (χ3v) is 23.0. The molecule has 7 aliphatic carbocycles. The van der Waals surface area contributed by atoms with Crippen LogP contribution in [0.15, 0.2) is 91.0 Å². The number of Topliss-reactive ketones (excluding diaryl/α,β-unsaturated/α-hetero) is 2. The number of aliphatic hydroxyl groups is 1. The molecule has 10 rings (SSSR count). The molecule has 0 spiro atoms. The van der Waals surface area contributed by atoms with Crippen LogP contribution in [0.25, 0.3) is 0 Å². The van der Waals surface area contributed by atoms with E-state index in [1.165, 1.54) is 64.2 Å². The molecular formula is C99H174Cl2N8O23S5. The summed E-state index contributed by atoms with van der Waals surface area (Å²) in [7, 11) is -6.54. The van der Waals surface area contributed by atoms with Gasteiger partial charge in [-0.3, -0.25) is 13.8 Å². The van der Waals surface area contributed by atoms with Crippen molar-refractivity contribution in [2.24, 2.45) is 64.7 Å². The molecule has 7 aliphatic rings. The number of ether oxygens (including phenoxy) is 6. The van der Waals surface area contributed by atoms with Crippen LogP contribution in [0.1, 0.15) is 322 Å². The van der Waals surface area contributed by atoms with Gasteiger partial charge in [0.15, 0.2) is 11.6 Å². The molecule has 31 nitrogen and oxygen atoms in total. The van der Waals surface area contributed by atoms with Crippen molar-refractivity contribution >= 4 is 140 Å². The van der Waals surface area contributed by atoms with E-state index in [1.807, 2.05) is 146 Å². The first-order valence-corrected chi connectivity index (χ1v) is 50.4. The van der Waals surface area contributed by atoms with Gasteiger partial charge in [-0.15, -0.1) is 37.4 Å². The summed E-state index contributed by atoms with van der Waals surface area (Å²) in [5.74, 6) is 4.30. The molecule has 7 fully saturated rings. The molecule has 0 aliphatic heterocycles. The molecule has 3 aromatic carbocycles. The molecule has 0 bridgehead atoms. The van der Waals surface area contributed by atoms with Crippen LogP contribution in [0.4, 0.5) is 28.8 Å². The molecule has 792 valence electrons. The van der Waals surface area contributed by atoms with Gasteiger partial charge < -0.3 is 82.0 Å². The van der Waals surface area contributed by atoms with Crippen molar-refractivity contribution in [3.8, 4) is 0 Å². The second kappa shape index (κ2) is 72.4. The number of nitrogens with one attached hydrogen (secondary N) is 6. The van der Waals surface area contributed by atoms with Crippen LogP contribution >= 0.6 is 65.3 Å². The molecule has 137 heavy (non-hydrogen) atoms. The number of ketones is 2. The smallest absolute Gasteiger partial charge is 0.425 e. The first kappa shape index (κ1) is 136. The first-order valence-electron chi connectivity index (χ1n) is 47.6. The normalized spacial score (nSPS) is 21.7. The molecule has 0 radical (unpaired) electrons. The monoisotopic (exact) mass is 2070 g/mol. The Hall–Kier alpha value is -6.87. The number of rotatable bonds is 27. The minimum atomic E-state index is -3.43. The van der Waals surface area contributed by atoms with Gasteiger partial charge in [0.2, 0.25) is 0 Å². The van der Waals surface area contributed by atoms with Gasteiger partial charge in [0, 0.05) is 43.1 Å². The fourth-order valence-electron chi connectivity index (χ4n) is 16.2. The van der Waals surface area contributed by atoms with Crippen molar-refractivity contribution in [1.29, 1.82) is 0 Å². The molecule has 38 heteroatoms. The van der Waals surface area contributed by atoms with Crippen LogP contribution in [-0.4, -0.2) is 169 Å². The van der Waals surface area contributed by atoms with Crippen molar-refractivity contribution in [1.82, 2.24) is 31.9 Å². The van der Waals surface area contributed by atoms with Gasteiger partial charge in [0.05, 0.1) is 30.5 Å². The highest BCUT2D eigenvalue weighted by Gasteiger charge is 2.34. The van der Waals surface area contributed by atoms with Crippen LogP contribution < -0.4 is 43.4 Å². The Balaban J connectivity index is -0.000000747. The van der Waals surface area contributed by atoms with Gasteiger partial charge in [-0.25, -0.2) is 33.6 Å². The van der Waals surface area contributed by atoms with E-state index in [0.717, 1.165) is 92.1 Å². The molecular weight excluding hydrogens is 1900 g/mol. The number of carbonyl (C=O) groups excluding carboxylic acids is 8. The lowest BCUT2D eigenvalue weighted by atomic mass is 9.92. The number of carboxylic acids is 1. The summed E-state index contributed by atoms with van der Waals surface area (Å²) in [6.07, 6.45) is 23.7. The van der Waals surface area contributed by atoms with Crippen molar-refractivity contribution in [3.63, 3.8) is 0 Å². The van der Waals surface area contributed by atoms with E-state index in [4.69, 9.17) is 61.8 Å². The number of benzene rings is 3. The Kier molecular flexibility index (Phi) is 72.1. The third kappa shape index (κ3) is 73.0. The van der Waals surface area contributed by atoms with E-state index in [-0.39, 0.29) is 133 Å². The highest BCUT2D eigenvalue weighted by atomic mass is 35.5. The van der Waals surface area contributed by atoms with E-state index in [1.54, 1.807) is 20.8 Å². The summed E-state index contributed by atoms with van der Waals surface area (Å²) in [6.45, 7) is 38.1. The average molecular weight is 2080 g/mol. The molecule has 3 aromatic rings. The summed E-state index contributed by atoms with van der Waals surface area (Å²) in [5.41, 5.74) is 12.6. The number of nitrogens with two attached hydrogens (primary N) is 2. The number of carboxylic acid groups (broad SMARTS) is 1. The van der Waals surface area contributed by atoms with E-state index in [2.05, 4.69) is 87.3 Å². The standard InChI is InChI=1S/C21H31NO3.C20H29NO3.C14H19NO4.C11H21NO5S.C11H21NO2.C10H19NO3.2C6H13N.2ClH.O3S.3H2S/c1-15(2)11-19(20(23)13-18-10-9-16(3)12-18)22-21(24)25-14-17-7-5-4-6-8-17;1-15(2)12-18(19(22)13-16-8-6-7-9-16)21-20(23)24-14-17-10-4-3-5-11-17;1-10(2)8-12(13(16)17)15-14(18)19-9-11-6-4-3-5-7-11;1-11(2,3)16-10(13)12-8-5-6-9(7-8)17-18(4,14)15;1-8-5-6-9(7-8)12-10(13)14-11(2,3)4;1-10(2,3)14-9(13)11-7-4-5-8(12)6-7;2*1-5-2-3-6(7)4-5;;;1-4(2)3;;;/h4-8,15-16,18-19H,9-14H2,1-3H3,(H,22,24);3-5,10-11,15-16,18H,6-9,12-14H2,1-2H3,(H,21,23);3-7,10,12H,8-9H2,1-2H3,(H,15,18)(H,16,17);8-9H,5-7H2,1-4H3,(H,12,13);8-9H,5-7H2,1-4H3,(H,12,13);7-8,12H,4-6H2,1-3H3,(H,11,13);2*5-6H,2-4,7H2,1H3;2*1H;;3*1H2/t16?,18?,19-;18-;12-;;;;;;;;;;;/m000.........../s1. The lowest BCUT2D eigenvalue weighted by molar-refractivity contribution is -0.139. The second-order valence-corrected chi connectivity index (χ2v) is 43.0. The number of halogens is 2. The summed E-state index contributed by atoms with van der Waals surface area (Å²) < 4.78 is 83.1. The maximum Gasteiger partial charge on any atom is 0.425 e. The summed E-state index contributed by atoms with van der Waals surface area (Å²) in [5, 5.41) is 34.5. The zero-order valence-electron chi connectivity index (χ0n) is 85.1. The predicted molar refractivity (Wildman–Crippen MR) is 558 cm³/mol. The van der Waals surface area contributed by atoms with Gasteiger partial charge in [0.25, 0.3) is 10.1 Å². The van der Waals surface area contributed by atoms with E-state index >= 15 is 0 Å². The molecule has 12 N–H and O–H groups in total. The Morgan fingerprint density at radius 2 is 0.708 bits per heavy atom. The summed E-state index contributed by atoms with van der Waals surface area (Å²) >= 11 is 0. The largest absolute Gasteiger partial charge is 0.480 e. The average Bonchev–Trinajstić information content (AvgIpc) is 1.47. The minimum Gasteiger partial charge on any atom is -0.480 e. The van der Waals surface area contributed by atoms with Gasteiger partial charge in [-0.05, 0) is 261 Å². The maximum absolute atomic E-state index is 12.7. The van der Waals surface area contributed by atoms with E-state index < -0.39 is 92.1 Å². The highest BCUT2D eigenvalue weighted by Crippen LogP contribution is 2.34. The number of carbonyl (C=O) groups is 9. The van der Waals surface area contributed by atoms with Gasteiger partial charge in [-0.2, -0.15) is 48.9 Å². The van der Waals surface area contributed by atoms with E-state index in [9.17, 15) is 56.7 Å². The Bertz CT molecular complexity index is 4000. The van der Waals surface area contributed by atoms with Crippen molar-refractivity contribution in [2.75, 3.05) is 6.26 Å². The number of alkyl carbamates (subject to hydrolysis) is 6. The maximum atomic E-state index is 12.7. The number of aliphatic carboxylic acids is 1.